The number of nitrogens with one attached hydrogen (secondary N) is 1. The van der Waals surface area contributed by atoms with Gasteiger partial charge in [0.2, 0.25) is 5.95 Å². The largest absolute Gasteiger partial charge is 0.354 e. The third-order valence-corrected chi connectivity index (χ3v) is 5.85. The van der Waals surface area contributed by atoms with Crippen molar-refractivity contribution in [3.63, 3.8) is 0 Å². The van der Waals surface area contributed by atoms with E-state index in [0.29, 0.717) is 20.9 Å². The maximum absolute atomic E-state index is 12.9. The Balaban J connectivity index is 1.76. The number of thiazole rings is 1. The van der Waals surface area contributed by atoms with Crippen molar-refractivity contribution in [2.45, 2.75) is 26.4 Å². The lowest BCUT2D eigenvalue weighted by molar-refractivity contribution is 0.151. The van der Waals surface area contributed by atoms with Gasteiger partial charge in [0.25, 0.3) is 6.43 Å². The Morgan fingerprint density at radius 1 is 1.10 bits per heavy atom. The molecule has 2 heterocycles. The quantitative estimate of drug-likeness (QED) is 0.458. The predicted octanol–water partition coefficient (Wildman–Crippen LogP) is 4.42. The zero-order valence-corrected chi connectivity index (χ0v) is 17.8. The van der Waals surface area contributed by atoms with E-state index < -0.39 is 17.8 Å². The number of hydrogen-bond acceptors (Lipinski definition) is 6. The fourth-order valence-electron chi connectivity index (χ4n) is 3.05. The number of rotatable bonds is 6. The summed E-state index contributed by atoms with van der Waals surface area (Å²) in [7, 11) is 0. The summed E-state index contributed by atoms with van der Waals surface area (Å²) in [6.07, 6.45) is -2.65. The van der Waals surface area contributed by atoms with Crippen molar-refractivity contribution < 1.29 is 8.78 Å². The van der Waals surface area contributed by atoms with Crippen LogP contribution in [0, 0.1) is 0 Å². The minimum atomic E-state index is -2.65. The molecule has 0 saturated carbocycles. The highest BCUT2D eigenvalue weighted by Gasteiger charge is 2.16. The van der Waals surface area contributed by atoms with Gasteiger partial charge >= 0.3 is 11.4 Å². The molecule has 0 aliphatic heterocycles. The van der Waals surface area contributed by atoms with Crippen molar-refractivity contribution in [1.82, 2.24) is 19.1 Å². The molecule has 0 aliphatic rings. The molecular formula is C20H16ClF2N5O2S. The highest BCUT2D eigenvalue weighted by molar-refractivity contribution is 7.18. The summed E-state index contributed by atoms with van der Waals surface area (Å²) in [5.74, 6) is 0.0487. The van der Waals surface area contributed by atoms with Crippen molar-refractivity contribution >= 4 is 44.8 Å². The van der Waals surface area contributed by atoms with Crippen molar-refractivity contribution in [1.29, 1.82) is 0 Å². The maximum atomic E-state index is 12.9. The molecule has 160 valence electrons. The minimum absolute atomic E-state index is 0.0487. The van der Waals surface area contributed by atoms with E-state index in [1.807, 2.05) is 0 Å². The SMILES string of the molecule is CCn1c(=O)nc(Nc2ccc3nc(C(F)F)sc3c2)n(Cc2ccc(Cl)cc2)c1=O. The van der Waals surface area contributed by atoms with Crippen molar-refractivity contribution in [2.75, 3.05) is 5.32 Å². The molecule has 4 rings (SSSR count). The average Bonchev–Trinajstić information content (AvgIpc) is 3.16. The first-order valence-electron chi connectivity index (χ1n) is 9.27. The Labute approximate surface area is 183 Å². The maximum Gasteiger partial charge on any atom is 0.354 e. The third kappa shape index (κ3) is 4.35. The number of aromatic nitrogens is 4. The molecule has 0 unspecified atom stereocenters. The molecule has 1 N–H and O–H groups in total. The molecule has 0 bridgehead atoms. The highest BCUT2D eigenvalue weighted by Crippen LogP contribution is 2.31. The van der Waals surface area contributed by atoms with Crippen LogP contribution in [-0.2, 0) is 13.1 Å². The molecule has 0 aliphatic carbocycles. The van der Waals surface area contributed by atoms with Crippen molar-refractivity contribution in [3.8, 4) is 0 Å². The Kier molecular flexibility index (Phi) is 5.84. The number of hydrogen-bond donors (Lipinski definition) is 1. The molecule has 0 saturated heterocycles. The lowest BCUT2D eigenvalue weighted by Gasteiger charge is -2.15. The van der Waals surface area contributed by atoms with Crippen LogP contribution in [0.4, 0.5) is 20.4 Å². The molecule has 11 heteroatoms. The van der Waals surface area contributed by atoms with Crippen molar-refractivity contribution in [2.24, 2.45) is 0 Å². The molecule has 0 radical (unpaired) electrons. The van der Waals surface area contributed by atoms with E-state index in [0.717, 1.165) is 21.5 Å². The molecule has 2 aromatic heterocycles. The number of nitrogens with zero attached hydrogens (tertiary/aromatic N) is 4. The molecule has 31 heavy (non-hydrogen) atoms. The van der Waals surface area contributed by atoms with Crippen LogP contribution in [0.15, 0.2) is 52.1 Å². The lowest BCUT2D eigenvalue weighted by atomic mass is 10.2. The van der Waals surface area contributed by atoms with Crippen LogP contribution in [0.2, 0.25) is 5.02 Å². The number of anilines is 2. The van der Waals surface area contributed by atoms with Crippen LogP contribution in [-0.4, -0.2) is 19.1 Å². The first kappa shape index (κ1) is 21.1. The number of benzene rings is 2. The van der Waals surface area contributed by atoms with E-state index >= 15 is 0 Å². The van der Waals surface area contributed by atoms with Crippen LogP contribution in [0.1, 0.15) is 23.9 Å². The van der Waals surface area contributed by atoms with Crippen LogP contribution in [0.25, 0.3) is 10.2 Å². The van der Waals surface area contributed by atoms with Gasteiger partial charge in [-0.05, 0) is 42.8 Å². The first-order chi connectivity index (χ1) is 14.9. The zero-order chi connectivity index (χ0) is 22.1. The van der Waals surface area contributed by atoms with Crippen LogP contribution in [0.3, 0.4) is 0 Å². The number of alkyl halides is 2. The van der Waals surface area contributed by atoms with Crippen molar-refractivity contribution in [3.05, 3.63) is 79.0 Å². The molecule has 7 nitrogen and oxygen atoms in total. The molecule has 0 amide bonds. The van der Waals surface area contributed by atoms with Gasteiger partial charge in [-0.15, -0.1) is 11.3 Å². The molecule has 0 fully saturated rings. The Bertz CT molecular complexity index is 1360. The van der Waals surface area contributed by atoms with Gasteiger partial charge in [-0.2, -0.15) is 4.98 Å². The van der Waals surface area contributed by atoms with Gasteiger partial charge in [0.05, 0.1) is 16.8 Å². The van der Waals surface area contributed by atoms with Gasteiger partial charge in [0, 0.05) is 17.3 Å². The third-order valence-electron chi connectivity index (χ3n) is 4.57. The summed E-state index contributed by atoms with van der Waals surface area (Å²) in [5.41, 5.74) is 0.526. The monoisotopic (exact) mass is 463 g/mol. The van der Waals surface area contributed by atoms with E-state index in [9.17, 15) is 18.4 Å². The second kappa shape index (κ2) is 8.56. The van der Waals surface area contributed by atoms with E-state index in [1.54, 1.807) is 49.4 Å². The topological polar surface area (TPSA) is 81.8 Å². The Morgan fingerprint density at radius 3 is 2.52 bits per heavy atom. The smallest absolute Gasteiger partial charge is 0.325 e. The second-order valence-corrected chi connectivity index (χ2v) is 8.12. The van der Waals surface area contributed by atoms with Gasteiger partial charge in [-0.25, -0.2) is 27.9 Å². The molecule has 0 atom stereocenters. The number of fused-ring (bicyclic) bond motifs is 1. The summed E-state index contributed by atoms with van der Waals surface area (Å²) in [5, 5.41) is 3.27. The summed E-state index contributed by atoms with van der Waals surface area (Å²) < 4.78 is 28.8. The van der Waals surface area contributed by atoms with Crippen LogP contribution < -0.4 is 16.7 Å². The first-order valence-corrected chi connectivity index (χ1v) is 10.5. The molecule has 0 spiro atoms. The molecular weight excluding hydrogens is 448 g/mol. The summed E-state index contributed by atoms with van der Waals surface area (Å²) >= 11 is 6.81. The average molecular weight is 464 g/mol. The summed E-state index contributed by atoms with van der Waals surface area (Å²) in [4.78, 5) is 33.2. The van der Waals surface area contributed by atoms with Gasteiger partial charge in [-0.3, -0.25) is 4.57 Å². The Hall–Kier alpha value is -3.11. The normalized spacial score (nSPS) is 11.4. The van der Waals surface area contributed by atoms with Gasteiger partial charge in [-0.1, -0.05) is 23.7 Å². The highest BCUT2D eigenvalue weighted by atomic mass is 35.5. The fraction of sp³-hybridized carbons (Fsp3) is 0.200. The van der Waals surface area contributed by atoms with Crippen LogP contribution in [0.5, 0.6) is 0 Å². The summed E-state index contributed by atoms with van der Waals surface area (Å²) in [6, 6.07) is 11.8. The van der Waals surface area contributed by atoms with Gasteiger partial charge in [0.1, 0.15) is 0 Å². The van der Waals surface area contributed by atoms with E-state index in [4.69, 9.17) is 11.6 Å². The Morgan fingerprint density at radius 2 is 1.84 bits per heavy atom. The van der Waals surface area contributed by atoms with Gasteiger partial charge in [0.15, 0.2) is 5.01 Å². The minimum Gasteiger partial charge on any atom is -0.325 e. The van der Waals surface area contributed by atoms with E-state index in [2.05, 4.69) is 15.3 Å². The standard InChI is InChI=1S/C20H16ClF2N5O2S/c1-2-27-19(29)26-18(28(20(27)30)10-11-3-5-12(21)6-4-11)24-13-7-8-14-15(9-13)31-17(25-14)16(22)23/h3-9,16H,2,10H2,1H3,(H,24,26,29). The number of halogens is 3. The second-order valence-electron chi connectivity index (χ2n) is 6.62. The predicted molar refractivity (Wildman–Crippen MR) is 117 cm³/mol. The summed E-state index contributed by atoms with van der Waals surface area (Å²) in [6.45, 7) is 2.02. The van der Waals surface area contributed by atoms with Crippen LogP contribution >= 0.6 is 22.9 Å². The zero-order valence-electron chi connectivity index (χ0n) is 16.2. The fourth-order valence-corrected chi connectivity index (χ4v) is 4.04. The molecule has 4 aromatic rings. The van der Waals surface area contributed by atoms with E-state index in [1.165, 1.54) is 4.57 Å². The van der Waals surface area contributed by atoms with E-state index in [-0.39, 0.29) is 24.0 Å². The molecule has 2 aromatic carbocycles. The van der Waals surface area contributed by atoms with Gasteiger partial charge < -0.3 is 5.32 Å². The lowest BCUT2D eigenvalue weighted by Crippen LogP contribution is -2.42.